The Morgan fingerprint density at radius 3 is 2.67 bits per heavy atom. The molecule has 1 aliphatic heterocycles. The van der Waals surface area contributed by atoms with E-state index in [0.29, 0.717) is 5.92 Å². The van der Waals surface area contributed by atoms with Gasteiger partial charge in [-0.15, -0.1) is 12.4 Å². The van der Waals surface area contributed by atoms with E-state index in [4.69, 9.17) is 0 Å². The molecule has 0 spiro atoms. The maximum absolute atomic E-state index is 12.8. The molecule has 4 heteroatoms. The van der Waals surface area contributed by atoms with Crippen LogP contribution in [0.15, 0.2) is 24.3 Å². The van der Waals surface area contributed by atoms with Crippen LogP contribution in [0.5, 0.6) is 0 Å². The summed E-state index contributed by atoms with van der Waals surface area (Å²) < 4.78 is 12.8. The average molecular weight is 273 g/mol. The number of hydrogen-bond acceptors (Lipinski definition) is 2. The predicted molar refractivity (Wildman–Crippen MR) is 76.0 cm³/mol. The van der Waals surface area contributed by atoms with Crippen LogP contribution in [0.1, 0.15) is 24.8 Å². The first kappa shape index (κ1) is 15.4. The molecule has 1 saturated heterocycles. The maximum Gasteiger partial charge on any atom is 0.123 e. The summed E-state index contributed by atoms with van der Waals surface area (Å²) in [5, 5.41) is 3.41. The Hall–Kier alpha value is -0.640. The quantitative estimate of drug-likeness (QED) is 0.910. The Bertz CT molecular complexity index is 334. The van der Waals surface area contributed by atoms with Crippen LogP contribution in [-0.4, -0.2) is 37.6 Å². The molecule has 0 saturated carbocycles. The van der Waals surface area contributed by atoms with Crippen molar-refractivity contribution >= 4 is 12.4 Å². The second-order valence-electron chi connectivity index (χ2n) is 4.86. The number of nitrogens with one attached hydrogen (secondary N) is 1. The fraction of sp³-hybridized carbons (Fsp3) is 0.571. The summed E-state index contributed by atoms with van der Waals surface area (Å²) in [6, 6.07) is 6.90. The zero-order chi connectivity index (χ0) is 12.1. The van der Waals surface area contributed by atoms with Crippen molar-refractivity contribution < 1.29 is 4.39 Å². The molecule has 2 rings (SSSR count). The van der Waals surface area contributed by atoms with Gasteiger partial charge in [-0.05, 0) is 43.1 Å². The first-order chi connectivity index (χ1) is 8.25. The molecule has 0 bridgehead atoms. The Balaban J connectivity index is 0.00000162. The molecule has 0 aliphatic carbocycles. The Morgan fingerprint density at radius 2 is 1.94 bits per heavy atom. The van der Waals surface area contributed by atoms with E-state index >= 15 is 0 Å². The molecule has 1 fully saturated rings. The Kier molecular flexibility index (Phi) is 6.61. The van der Waals surface area contributed by atoms with Crippen molar-refractivity contribution in [1.82, 2.24) is 10.2 Å². The van der Waals surface area contributed by atoms with E-state index in [0.717, 1.165) is 26.2 Å². The van der Waals surface area contributed by atoms with E-state index in [1.807, 2.05) is 12.1 Å². The number of hydrogen-bond donors (Lipinski definition) is 1. The summed E-state index contributed by atoms with van der Waals surface area (Å²) in [4.78, 5) is 2.49. The lowest BCUT2D eigenvalue weighted by Crippen LogP contribution is -2.31. The van der Waals surface area contributed by atoms with E-state index in [-0.39, 0.29) is 18.2 Å². The lowest BCUT2D eigenvalue weighted by molar-refractivity contribution is 0.278. The zero-order valence-electron chi connectivity index (χ0n) is 10.9. The molecule has 0 aromatic heterocycles. The maximum atomic E-state index is 12.8. The molecule has 2 nitrogen and oxygen atoms in total. The van der Waals surface area contributed by atoms with Crippen LogP contribution in [0, 0.1) is 5.82 Å². The third-order valence-corrected chi connectivity index (χ3v) is 3.40. The third kappa shape index (κ3) is 4.56. The Morgan fingerprint density at radius 1 is 1.22 bits per heavy atom. The van der Waals surface area contributed by atoms with Crippen molar-refractivity contribution in [3.63, 3.8) is 0 Å². The van der Waals surface area contributed by atoms with Crippen LogP contribution in [0.4, 0.5) is 4.39 Å². The average Bonchev–Trinajstić information content (AvgIpc) is 2.58. The minimum absolute atomic E-state index is 0. The van der Waals surface area contributed by atoms with Gasteiger partial charge in [0.15, 0.2) is 0 Å². The van der Waals surface area contributed by atoms with Crippen molar-refractivity contribution in [3.8, 4) is 0 Å². The SMILES string of the molecule is CC(CN1CCCNCC1)c1ccc(F)cc1.Cl. The number of rotatable bonds is 3. The molecule has 18 heavy (non-hydrogen) atoms. The van der Waals surface area contributed by atoms with Gasteiger partial charge in [0.25, 0.3) is 0 Å². The summed E-state index contributed by atoms with van der Waals surface area (Å²) in [6.45, 7) is 7.76. The van der Waals surface area contributed by atoms with Crippen molar-refractivity contribution in [1.29, 1.82) is 0 Å². The summed E-state index contributed by atoms with van der Waals surface area (Å²) in [5.41, 5.74) is 1.23. The predicted octanol–water partition coefficient (Wildman–Crippen LogP) is 2.65. The fourth-order valence-electron chi connectivity index (χ4n) is 2.37. The Labute approximate surface area is 115 Å². The molecule has 0 amide bonds. The van der Waals surface area contributed by atoms with Gasteiger partial charge in [-0.25, -0.2) is 4.39 Å². The molecule has 1 heterocycles. The van der Waals surface area contributed by atoms with Crippen molar-refractivity contribution in [2.45, 2.75) is 19.3 Å². The summed E-state index contributed by atoms with van der Waals surface area (Å²) in [5.74, 6) is 0.314. The monoisotopic (exact) mass is 272 g/mol. The third-order valence-electron chi connectivity index (χ3n) is 3.40. The van der Waals surface area contributed by atoms with Crippen LogP contribution < -0.4 is 5.32 Å². The van der Waals surface area contributed by atoms with Crippen molar-refractivity contribution in [2.24, 2.45) is 0 Å². The highest BCUT2D eigenvalue weighted by Crippen LogP contribution is 2.17. The summed E-state index contributed by atoms with van der Waals surface area (Å²) in [7, 11) is 0. The standard InChI is InChI=1S/C14H21FN2.ClH/c1-12(13-3-5-14(15)6-4-13)11-17-9-2-7-16-8-10-17;/h3-6,12,16H,2,7-11H2,1H3;1H. The van der Waals surface area contributed by atoms with Crippen molar-refractivity contribution in [2.75, 3.05) is 32.7 Å². The van der Waals surface area contributed by atoms with Gasteiger partial charge in [-0.1, -0.05) is 19.1 Å². The van der Waals surface area contributed by atoms with Crippen molar-refractivity contribution in [3.05, 3.63) is 35.6 Å². The smallest absolute Gasteiger partial charge is 0.123 e. The van der Waals surface area contributed by atoms with Gasteiger partial charge in [0.2, 0.25) is 0 Å². The van der Waals surface area contributed by atoms with E-state index in [1.54, 1.807) is 12.1 Å². The van der Waals surface area contributed by atoms with Gasteiger partial charge in [0.05, 0.1) is 0 Å². The van der Waals surface area contributed by atoms with E-state index < -0.39 is 0 Å². The van der Waals surface area contributed by atoms with Crippen LogP contribution in [0.2, 0.25) is 0 Å². The topological polar surface area (TPSA) is 15.3 Å². The van der Waals surface area contributed by atoms with Gasteiger partial charge in [-0.2, -0.15) is 0 Å². The van der Waals surface area contributed by atoms with E-state index in [1.165, 1.54) is 18.5 Å². The molecule has 1 aliphatic rings. The van der Waals surface area contributed by atoms with Crippen LogP contribution >= 0.6 is 12.4 Å². The van der Waals surface area contributed by atoms with Gasteiger partial charge >= 0.3 is 0 Å². The molecule has 1 atom stereocenters. The minimum atomic E-state index is -0.153. The lowest BCUT2D eigenvalue weighted by Gasteiger charge is -2.23. The largest absolute Gasteiger partial charge is 0.315 e. The molecule has 0 radical (unpaired) electrons. The first-order valence-corrected chi connectivity index (χ1v) is 6.44. The molecule has 1 aromatic carbocycles. The highest BCUT2D eigenvalue weighted by molar-refractivity contribution is 5.85. The first-order valence-electron chi connectivity index (χ1n) is 6.44. The molecule has 102 valence electrons. The molecular weight excluding hydrogens is 251 g/mol. The number of benzene rings is 1. The fourth-order valence-corrected chi connectivity index (χ4v) is 2.37. The van der Waals surface area contributed by atoms with Gasteiger partial charge in [0, 0.05) is 19.6 Å². The second kappa shape index (κ2) is 7.72. The molecular formula is C14H22ClFN2. The zero-order valence-corrected chi connectivity index (χ0v) is 11.7. The second-order valence-corrected chi connectivity index (χ2v) is 4.86. The number of halogens is 2. The van der Waals surface area contributed by atoms with Gasteiger partial charge in [0.1, 0.15) is 5.82 Å². The molecule has 1 aromatic rings. The molecule has 1 unspecified atom stereocenters. The minimum Gasteiger partial charge on any atom is -0.315 e. The van der Waals surface area contributed by atoms with Gasteiger partial charge in [-0.3, -0.25) is 0 Å². The highest BCUT2D eigenvalue weighted by atomic mass is 35.5. The molecule has 1 N–H and O–H groups in total. The van der Waals surface area contributed by atoms with E-state index in [9.17, 15) is 4.39 Å². The number of nitrogens with zero attached hydrogens (tertiary/aromatic N) is 1. The lowest BCUT2D eigenvalue weighted by atomic mass is 10.0. The normalized spacial score (nSPS) is 18.8. The van der Waals surface area contributed by atoms with Crippen LogP contribution in [0.25, 0.3) is 0 Å². The highest BCUT2D eigenvalue weighted by Gasteiger charge is 2.13. The van der Waals surface area contributed by atoms with Crippen LogP contribution in [0.3, 0.4) is 0 Å². The van der Waals surface area contributed by atoms with Crippen LogP contribution in [-0.2, 0) is 0 Å². The summed E-state index contributed by atoms with van der Waals surface area (Å²) >= 11 is 0. The van der Waals surface area contributed by atoms with E-state index in [2.05, 4.69) is 17.1 Å². The summed E-state index contributed by atoms with van der Waals surface area (Å²) in [6.07, 6.45) is 1.22. The van der Waals surface area contributed by atoms with Gasteiger partial charge < -0.3 is 10.2 Å².